The Kier molecular flexibility index (Phi) is 9.00. The van der Waals surface area contributed by atoms with Gasteiger partial charge in [-0.1, -0.05) is 42.3 Å². The van der Waals surface area contributed by atoms with Crippen LogP contribution in [-0.4, -0.2) is 42.0 Å². The van der Waals surface area contributed by atoms with E-state index in [0.29, 0.717) is 29.1 Å². The number of nitrogens with two attached hydrogens (primary N) is 2. The number of benzene rings is 2. The summed E-state index contributed by atoms with van der Waals surface area (Å²) in [5.74, 6) is -0.0815. The molecule has 0 fully saturated rings. The molecule has 1 aromatic heterocycles. The lowest BCUT2D eigenvalue weighted by molar-refractivity contribution is -0.780. The van der Waals surface area contributed by atoms with E-state index in [2.05, 4.69) is 10.6 Å². The van der Waals surface area contributed by atoms with Crippen molar-refractivity contribution in [2.24, 2.45) is 5.73 Å². The first-order chi connectivity index (χ1) is 17.9. The number of hydrogen-bond donors (Lipinski definition) is 6. The lowest BCUT2D eigenvalue weighted by Gasteiger charge is -2.08. The summed E-state index contributed by atoms with van der Waals surface area (Å²) in [6.45, 7) is 5.71. The summed E-state index contributed by atoms with van der Waals surface area (Å²) in [6.07, 6.45) is 1.27. The minimum Gasteiger partial charge on any atom is -0.399 e. The van der Waals surface area contributed by atoms with Crippen LogP contribution in [0.5, 0.6) is 0 Å². The van der Waals surface area contributed by atoms with Crippen molar-refractivity contribution in [2.75, 3.05) is 16.8 Å². The molecule has 0 aliphatic rings. The molecule has 0 aliphatic carbocycles. The van der Waals surface area contributed by atoms with Crippen molar-refractivity contribution < 1.29 is 23.1 Å². The maximum atomic E-state index is 12.9. The number of nitrogen functional groups attached to an aromatic ring is 2. The van der Waals surface area contributed by atoms with E-state index >= 15 is 0 Å². The number of carbonyl (C=O) groups is 1. The molecule has 3 aromatic rings. The zero-order chi connectivity index (χ0) is 28.0. The van der Waals surface area contributed by atoms with Crippen molar-refractivity contribution in [1.82, 2.24) is 10.2 Å². The lowest BCUT2D eigenvalue weighted by Crippen LogP contribution is -2.50. The standard InChI is InChI=1S/C26H35N7O4S/c1-4-5-10-38(36,37)22-12-20(11-21(27)13-22)23-14-24(31-17(2)3)33(35)32(23)16-25(34)30-15-18-6-8-19(9-7-18)26(28)29/h6-9,11-14,17,35H,4-5,10,15-16,27H2,1-3H3,(H4,28,29,30,34)/p+1. The third-order valence-corrected chi connectivity index (χ3v) is 7.61. The minimum absolute atomic E-state index is 0.00334. The summed E-state index contributed by atoms with van der Waals surface area (Å²) in [5.41, 5.74) is 14.1. The number of rotatable bonds is 12. The van der Waals surface area contributed by atoms with Crippen molar-refractivity contribution >= 4 is 33.1 Å². The van der Waals surface area contributed by atoms with Crippen LogP contribution in [0.1, 0.15) is 44.7 Å². The smallest absolute Gasteiger partial charge is 0.288 e. The molecular formula is C26H36N7O4S+. The van der Waals surface area contributed by atoms with E-state index in [0.717, 1.165) is 16.8 Å². The number of nitrogens with zero attached hydrogens (tertiary/aromatic N) is 2. The number of amidine groups is 1. The van der Waals surface area contributed by atoms with Crippen LogP contribution < -0.4 is 26.8 Å². The van der Waals surface area contributed by atoms with Gasteiger partial charge in [0.1, 0.15) is 5.84 Å². The number of unbranched alkanes of at least 4 members (excludes halogenated alkanes) is 1. The Hall–Kier alpha value is -4.06. The Balaban J connectivity index is 1.92. The molecule has 0 radical (unpaired) electrons. The van der Waals surface area contributed by atoms with Crippen LogP contribution in [-0.2, 0) is 27.7 Å². The Morgan fingerprint density at radius 1 is 1.16 bits per heavy atom. The van der Waals surface area contributed by atoms with Crippen molar-refractivity contribution in [3.05, 3.63) is 59.7 Å². The van der Waals surface area contributed by atoms with Crippen molar-refractivity contribution in [2.45, 2.75) is 57.6 Å². The fraction of sp³-hybridized carbons (Fsp3) is 0.346. The summed E-state index contributed by atoms with van der Waals surface area (Å²) in [4.78, 5) is 13.8. The largest absolute Gasteiger partial charge is 0.399 e. The van der Waals surface area contributed by atoms with Gasteiger partial charge >= 0.3 is 0 Å². The monoisotopic (exact) mass is 542 g/mol. The summed E-state index contributed by atoms with van der Waals surface area (Å²) in [5, 5.41) is 24.3. The van der Waals surface area contributed by atoms with E-state index in [9.17, 15) is 18.4 Å². The SMILES string of the molecule is CCCCS(=O)(=O)c1cc(N)cc(-c2cc(NC(C)C)n(O)[n+]2CC(=O)NCc2ccc(C(=N)N)cc2)c1. The predicted octanol–water partition coefficient (Wildman–Crippen LogP) is 2.26. The van der Waals surface area contributed by atoms with E-state index in [4.69, 9.17) is 16.9 Å². The Bertz CT molecular complexity index is 1410. The van der Waals surface area contributed by atoms with E-state index in [1.807, 2.05) is 20.8 Å². The molecule has 0 saturated heterocycles. The van der Waals surface area contributed by atoms with Crippen LogP contribution in [0.3, 0.4) is 0 Å². The molecule has 204 valence electrons. The number of carbonyl (C=O) groups excluding carboxylic acids is 1. The molecule has 11 nitrogen and oxygen atoms in total. The van der Waals surface area contributed by atoms with Crippen LogP contribution in [0.25, 0.3) is 11.3 Å². The number of aromatic nitrogens is 2. The summed E-state index contributed by atoms with van der Waals surface area (Å²) >= 11 is 0. The molecule has 1 heterocycles. The fourth-order valence-electron chi connectivity index (χ4n) is 3.87. The van der Waals surface area contributed by atoms with Crippen LogP contribution >= 0.6 is 0 Å². The number of sulfone groups is 1. The van der Waals surface area contributed by atoms with E-state index in [1.54, 1.807) is 36.4 Å². The lowest BCUT2D eigenvalue weighted by atomic mass is 10.1. The molecule has 0 atom stereocenters. The van der Waals surface area contributed by atoms with Gasteiger partial charge in [0.05, 0.1) is 22.3 Å². The summed E-state index contributed by atoms with van der Waals surface area (Å²) in [6, 6.07) is 13.1. The molecule has 12 heteroatoms. The topological polar surface area (TPSA) is 180 Å². The van der Waals surface area contributed by atoms with Gasteiger partial charge in [0.2, 0.25) is 11.5 Å². The van der Waals surface area contributed by atoms with Crippen LogP contribution in [0.2, 0.25) is 0 Å². The predicted molar refractivity (Wildman–Crippen MR) is 147 cm³/mol. The van der Waals surface area contributed by atoms with Crippen molar-refractivity contribution in [1.29, 1.82) is 5.41 Å². The molecule has 0 unspecified atom stereocenters. The molecule has 0 spiro atoms. The maximum Gasteiger partial charge on any atom is 0.288 e. The number of amides is 1. The summed E-state index contributed by atoms with van der Waals surface area (Å²) in [7, 11) is -3.56. The first-order valence-corrected chi connectivity index (χ1v) is 14.0. The third-order valence-electron chi connectivity index (χ3n) is 5.83. The number of anilines is 2. The zero-order valence-electron chi connectivity index (χ0n) is 21.9. The Morgan fingerprint density at radius 3 is 2.45 bits per heavy atom. The molecule has 1 amide bonds. The number of hydrogen-bond acceptors (Lipinski definition) is 7. The number of nitrogens with one attached hydrogen (secondary N) is 3. The van der Waals surface area contributed by atoms with Gasteiger partial charge in [-0.2, -0.15) is 0 Å². The average molecular weight is 543 g/mol. The van der Waals surface area contributed by atoms with Crippen LogP contribution in [0, 0.1) is 5.41 Å². The fourth-order valence-corrected chi connectivity index (χ4v) is 5.40. The van der Waals surface area contributed by atoms with Gasteiger partial charge in [0.15, 0.2) is 9.84 Å². The Labute approximate surface area is 222 Å². The second-order valence-electron chi connectivity index (χ2n) is 9.41. The first kappa shape index (κ1) is 28.5. The van der Waals surface area contributed by atoms with Gasteiger partial charge < -0.3 is 27.3 Å². The Morgan fingerprint density at radius 2 is 1.84 bits per heavy atom. The van der Waals surface area contributed by atoms with Gasteiger partial charge in [-0.15, -0.1) is 0 Å². The molecule has 38 heavy (non-hydrogen) atoms. The maximum absolute atomic E-state index is 12.9. The molecule has 0 aliphatic heterocycles. The molecular weight excluding hydrogens is 506 g/mol. The molecule has 3 rings (SSSR count). The normalized spacial score (nSPS) is 11.5. The molecule has 8 N–H and O–H groups in total. The summed E-state index contributed by atoms with van der Waals surface area (Å²) < 4.78 is 27.1. The first-order valence-electron chi connectivity index (χ1n) is 12.4. The molecule has 0 saturated carbocycles. The van der Waals surface area contributed by atoms with Gasteiger partial charge in [0, 0.05) is 28.7 Å². The average Bonchev–Trinajstić information content (AvgIpc) is 3.15. The highest BCUT2D eigenvalue weighted by Gasteiger charge is 2.28. The second-order valence-corrected chi connectivity index (χ2v) is 11.5. The van der Waals surface area contributed by atoms with Crippen molar-refractivity contribution in [3.8, 4) is 11.3 Å². The van der Waals surface area contributed by atoms with Crippen LogP contribution in [0.15, 0.2) is 53.4 Å². The highest BCUT2D eigenvalue weighted by Crippen LogP contribution is 2.27. The highest BCUT2D eigenvalue weighted by molar-refractivity contribution is 7.91. The molecule has 2 aromatic carbocycles. The van der Waals surface area contributed by atoms with Crippen LogP contribution in [0.4, 0.5) is 11.5 Å². The van der Waals surface area contributed by atoms with Crippen molar-refractivity contribution in [3.63, 3.8) is 0 Å². The van der Waals surface area contributed by atoms with E-state index in [-0.39, 0.29) is 47.2 Å². The second kappa shape index (κ2) is 12.0. The highest BCUT2D eigenvalue weighted by atomic mass is 32.2. The quantitative estimate of drug-likeness (QED) is 0.0667. The van der Waals surface area contributed by atoms with Gasteiger partial charge in [-0.3, -0.25) is 10.2 Å². The van der Waals surface area contributed by atoms with Gasteiger partial charge in [-0.25, -0.2) is 8.42 Å². The van der Waals surface area contributed by atoms with E-state index < -0.39 is 9.84 Å². The molecule has 0 bridgehead atoms. The van der Waals surface area contributed by atoms with Gasteiger partial charge in [0.25, 0.3) is 12.5 Å². The zero-order valence-corrected chi connectivity index (χ0v) is 22.7. The third kappa shape index (κ3) is 7.03. The van der Waals surface area contributed by atoms with Gasteiger partial charge in [-0.05, 0) is 44.0 Å². The van der Waals surface area contributed by atoms with E-state index in [1.165, 1.54) is 16.8 Å². The minimum atomic E-state index is -3.56.